The average Bonchev–Trinajstić information content (AvgIpc) is 2.46. The number of aromatic nitrogens is 2. The van der Waals surface area contributed by atoms with E-state index >= 15 is 0 Å². The first-order valence-electron chi connectivity index (χ1n) is 7.51. The molecule has 21 heavy (non-hydrogen) atoms. The van der Waals surface area contributed by atoms with Gasteiger partial charge in [0, 0.05) is 18.4 Å². The number of carbonyl (C=O) groups is 1. The Kier molecular flexibility index (Phi) is 5.12. The first kappa shape index (κ1) is 15.7. The summed E-state index contributed by atoms with van der Waals surface area (Å²) in [6.45, 7) is 4.39. The van der Waals surface area contributed by atoms with Crippen LogP contribution in [0.15, 0.2) is 6.20 Å². The van der Waals surface area contributed by atoms with Gasteiger partial charge in [0.25, 0.3) is 0 Å². The standard InChI is InChI=1S/C15H23N3O3/c1-9(2)14-17-8-11(13(18-14)15(20)21)16-7-10-5-3-4-6-12(10)19/h8-10,12,16,19H,3-7H2,1-2H3,(H,20,21). The predicted molar refractivity (Wildman–Crippen MR) is 79.5 cm³/mol. The molecule has 1 heterocycles. The Bertz CT molecular complexity index is 505. The van der Waals surface area contributed by atoms with Crippen LogP contribution in [0.5, 0.6) is 0 Å². The Labute approximate surface area is 124 Å². The van der Waals surface area contributed by atoms with Crippen molar-refractivity contribution < 1.29 is 15.0 Å². The minimum Gasteiger partial charge on any atom is -0.476 e. The van der Waals surface area contributed by atoms with Gasteiger partial charge in [0.15, 0.2) is 5.69 Å². The van der Waals surface area contributed by atoms with Crippen LogP contribution in [0.4, 0.5) is 5.69 Å². The molecule has 3 N–H and O–H groups in total. The van der Waals surface area contributed by atoms with E-state index < -0.39 is 5.97 Å². The number of aliphatic hydroxyl groups is 1. The van der Waals surface area contributed by atoms with Gasteiger partial charge >= 0.3 is 5.97 Å². The maximum atomic E-state index is 11.3. The zero-order valence-corrected chi connectivity index (χ0v) is 12.5. The monoisotopic (exact) mass is 293 g/mol. The van der Waals surface area contributed by atoms with Crippen LogP contribution in [0.2, 0.25) is 0 Å². The number of nitrogens with one attached hydrogen (secondary N) is 1. The lowest BCUT2D eigenvalue weighted by Crippen LogP contribution is -2.30. The molecule has 0 radical (unpaired) electrons. The van der Waals surface area contributed by atoms with Gasteiger partial charge in [0.2, 0.25) is 0 Å². The molecule has 1 aromatic rings. The van der Waals surface area contributed by atoms with Crippen LogP contribution in [0, 0.1) is 5.92 Å². The van der Waals surface area contributed by atoms with Crippen molar-refractivity contribution in [2.24, 2.45) is 5.92 Å². The zero-order chi connectivity index (χ0) is 15.4. The molecule has 1 fully saturated rings. The second kappa shape index (κ2) is 6.85. The van der Waals surface area contributed by atoms with Crippen molar-refractivity contribution >= 4 is 11.7 Å². The number of anilines is 1. The molecule has 1 aliphatic rings. The number of nitrogens with zero attached hydrogens (tertiary/aromatic N) is 2. The van der Waals surface area contributed by atoms with Crippen LogP contribution in [0.3, 0.4) is 0 Å². The zero-order valence-electron chi connectivity index (χ0n) is 12.5. The molecule has 6 heteroatoms. The van der Waals surface area contributed by atoms with Crippen molar-refractivity contribution in [3.63, 3.8) is 0 Å². The van der Waals surface area contributed by atoms with Crippen LogP contribution in [-0.4, -0.2) is 38.8 Å². The van der Waals surface area contributed by atoms with Gasteiger partial charge in [0.1, 0.15) is 5.82 Å². The van der Waals surface area contributed by atoms with Crippen LogP contribution >= 0.6 is 0 Å². The third-order valence-corrected chi connectivity index (χ3v) is 3.95. The summed E-state index contributed by atoms with van der Waals surface area (Å²) in [4.78, 5) is 19.7. The quantitative estimate of drug-likeness (QED) is 0.770. The van der Waals surface area contributed by atoms with Crippen LogP contribution in [0.1, 0.15) is 61.8 Å². The summed E-state index contributed by atoms with van der Waals surface area (Å²) in [5.41, 5.74) is 0.420. The maximum absolute atomic E-state index is 11.3. The van der Waals surface area contributed by atoms with Gasteiger partial charge in [0.05, 0.1) is 18.0 Å². The minimum atomic E-state index is -1.06. The van der Waals surface area contributed by atoms with E-state index in [9.17, 15) is 15.0 Å². The molecule has 116 valence electrons. The molecule has 0 bridgehead atoms. The summed E-state index contributed by atoms with van der Waals surface area (Å²) in [6, 6.07) is 0. The summed E-state index contributed by atoms with van der Waals surface area (Å²) in [5, 5.41) is 22.3. The van der Waals surface area contributed by atoms with E-state index in [1.165, 1.54) is 6.20 Å². The summed E-state index contributed by atoms with van der Waals surface area (Å²) in [7, 11) is 0. The highest BCUT2D eigenvalue weighted by atomic mass is 16.4. The van der Waals surface area contributed by atoms with E-state index in [4.69, 9.17) is 0 Å². The predicted octanol–water partition coefficient (Wildman–Crippen LogP) is 2.26. The molecule has 0 amide bonds. The van der Waals surface area contributed by atoms with Crippen LogP contribution in [-0.2, 0) is 0 Å². The molecule has 0 aliphatic heterocycles. The van der Waals surface area contributed by atoms with E-state index in [-0.39, 0.29) is 23.6 Å². The number of aliphatic hydroxyl groups excluding tert-OH is 1. The Morgan fingerprint density at radius 2 is 2.14 bits per heavy atom. The van der Waals surface area contributed by atoms with Crippen molar-refractivity contribution in [2.45, 2.75) is 51.6 Å². The maximum Gasteiger partial charge on any atom is 0.356 e. The molecule has 6 nitrogen and oxygen atoms in total. The highest BCUT2D eigenvalue weighted by Gasteiger charge is 2.23. The molecule has 1 aliphatic carbocycles. The minimum absolute atomic E-state index is 0.000927. The molecule has 1 saturated carbocycles. The fourth-order valence-electron chi connectivity index (χ4n) is 2.63. The normalized spacial score (nSPS) is 22.3. The fourth-order valence-corrected chi connectivity index (χ4v) is 2.63. The molecule has 0 spiro atoms. The Balaban J connectivity index is 2.10. The number of hydrogen-bond acceptors (Lipinski definition) is 5. The van der Waals surface area contributed by atoms with Crippen LogP contribution < -0.4 is 5.32 Å². The van der Waals surface area contributed by atoms with Crippen molar-refractivity contribution in [2.75, 3.05) is 11.9 Å². The summed E-state index contributed by atoms with van der Waals surface area (Å²) < 4.78 is 0. The topological polar surface area (TPSA) is 95.3 Å². The second-order valence-corrected chi connectivity index (χ2v) is 5.94. The Hall–Kier alpha value is -1.69. The summed E-state index contributed by atoms with van der Waals surface area (Å²) >= 11 is 0. The highest BCUT2D eigenvalue weighted by molar-refractivity contribution is 5.91. The van der Waals surface area contributed by atoms with Crippen molar-refractivity contribution in [3.05, 3.63) is 17.7 Å². The van der Waals surface area contributed by atoms with Gasteiger partial charge in [-0.15, -0.1) is 0 Å². The lowest BCUT2D eigenvalue weighted by atomic mass is 9.86. The van der Waals surface area contributed by atoms with Gasteiger partial charge in [-0.3, -0.25) is 0 Å². The molecule has 0 saturated heterocycles. The second-order valence-electron chi connectivity index (χ2n) is 5.94. The van der Waals surface area contributed by atoms with E-state index in [1.807, 2.05) is 13.8 Å². The highest BCUT2D eigenvalue weighted by Crippen LogP contribution is 2.25. The van der Waals surface area contributed by atoms with E-state index in [0.717, 1.165) is 25.7 Å². The van der Waals surface area contributed by atoms with Gasteiger partial charge in [-0.1, -0.05) is 26.7 Å². The molecule has 2 rings (SSSR count). The lowest BCUT2D eigenvalue weighted by Gasteiger charge is -2.28. The first-order chi connectivity index (χ1) is 9.99. The largest absolute Gasteiger partial charge is 0.476 e. The third-order valence-electron chi connectivity index (χ3n) is 3.95. The van der Waals surface area contributed by atoms with Gasteiger partial charge < -0.3 is 15.5 Å². The third kappa shape index (κ3) is 3.91. The number of hydrogen-bond donors (Lipinski definition) is 3. The first-order valence-corrected chi connectivity index (χ1v) is 7.51. The van der Waals surface area contributed by atoms with Gasteiger partial charge in [-0.25, -0.2) is 14.8 Å². The van der Waals surface area contributed by atoms with E-state index in [2.05, 4.69) is 15.3 Å². The number of carboxylic acids is 1. The van der Waals surface area contributed by atoms with Crippen LogP contribution in [0.25, 0.3) is 0 Å². The molecule has 2 unspecified atom stereocenters. The van der Waals surface area contributed by atoms with Crippen molar-refractivity contribution in [3.8, 4) is 0 Å². The lowest BCUT2D eigenvalue weighted by molar-refractivity contribution is 0.0690. The number of aromatic carboxylic acids is 1. The van der Waals surface area contributed by atoms with Crippen molar-refractivity contribution in [1.82, 2.24) is 9.97 Å². The van der Waals surface area contributed by atoms with Crippen molar-refractivity contribution in [1.29, 1.82) is 0 Å². The summed E-state index contributed by atoms with van der Waals surface area (Å²) in [6.07, 6.45) is 5.17. The van der Waals surface area contributed by atoms with E-state index in [0.29, 0.717) is 18.1 Å². The molecule has 2 atom stereocenters. The number of rotatable bonds is 5. The fraction of sp³-hybridized carbons (Fsp3) is 0.667. The molecular weight excluding hydrogens is 270 g/mol. The smallest absolute Gasteiger partial charge is 0.356 e. The van der Waals surface area contributed by atoms with Gasteiger partial charge in [-0.2, -0.15) is 0 Å². The summed E-state index contributed by atoms with van der Waals surface area (Å²) in [5.74, 6) is -0.302. The Morgan fingerprint density at radius 3 is 2.76 bits per heavy atom. The molecule has 1 aromatic heterocycles. The number of carboxylic acid groups (broad SMARTS) is 1. The van der Waals surface area contributed by atoms with E-state index in [1.54, 1.807) is 0 Å². The average molecular weight is 293 g/mol. The molecular formula is C15H23N3O3. The molecule has 0 aromatic carbocycles. The van der Waals surface area contributed by atoms with Gasteiger partial charge in [-0.05, 0) is 12.8 Å². The Morgan fingerprint density at radius 1 is 1.43 bits per heavy atom. The SMILES string of the molecule is CC(C)c1ncc(NCC2CCCCC2O)c(C(=O)O)n1.